The van der Waals surface area contributed by atoms with Gasteiger partial charge in [0.05, 0.1) is 6.20 Å². The van der Waals surface area contributed by atoms with Gasteiger partial charge < -0.3 is 4.90 Å². The summed E-state index contributed by atoms with van der Waals surface area (Å²) in [6.45, 7) is 8.62. The van der Waals surface area contributed by atoms with E-state index in [1.165, 1.54) is 11.9 Å². The predicted octanol–water partition coefficient (Wildman–Crippen LogP) is 2.27. The molecule has 1 aliphatic heterocycles. The van der Waals surface area contributed by atoms with Crippen molar-refractivity contribution >= 4 is 11.9 Å². The van der Waals surface area contributed by atoms with Crippen LogP contribution in [-0.4, -0.2) is 28.5 Å². The Bertz CT molecular complexity index is 269. The van der Waals surface area contributed by atoms with Gasteiger partial charge >= 0.3 is 0 Å². The summed E-state index contributed by atoms with van der Waals surface area (Å²) in [6.07, 6.45) is 7.16. The number of quaternary nitrogens is 1. The molecule has 1 rings (SSSR count). The third kappa shape index (κ3) is 2.53. The maximum absolute atomic E-state index is 8.75. The van der Waals surface area contributed by atoms with Crippen LogP contribution in [0.15, 0.2) is 25.1 Å². The van der Waals surface area contributed by atoms with Crippen LogP contribution in [-0.2, 0) is 0 Å². The topological polar surface area (TPSA) is 27.0 Å². The molecule has 1 heterocycles. The van der Waals surface area contributed by atoms with E-state index in [2.05, 4.69) is 36.2 Å². The molecule has 14 heavy (non-hydrogen) atoms. The van der Waals surface area contributed by atoms with Crippen LogP contribution in [0, 0.1) is 10.7 Å². The van der Waals surface area contributed by atoms with E-state index in [0.29, 0.717) is 3.89 Å². The van der Waals surface area contributed by atoms with E-state index in [9.17, 15) is 0 Å². The van der Waals surface area contributed by atoms with Gasteiger partial charge in [-0.15, -0.1) is 0 Å². The van der Waals surface area contributed by atoms with Crippen molar-refractivity contribution in [3.63, 3.8) is 0 Å². The van der Waals surface area contributed by atoms with Crippen molar-refractivity contribution in [1.29, 1.82) is 5.26 Å². The lowest BCUT2D eigenvalue weighted by atomic mass is 10.4. The molecule has 0 aromatic rings. The molecule has 0 aliphatic carbocycles. The molecular weight excluding hydrogens is 194 g/mol. The van der Waals surface area contributed by atoms with E-state index in [-0.39, 0.29) is 0 Å². The van der Waals surface area contributed by atoms with Gasteiger partial charge in [-0.05, 0) is 12.5 Å². The molecule has 0 fully saturated rings. The molecule has 0 radical (unpaired) electrons. The third-order valence-corrected chi connectivity index (χ3v) is 2.97. The maximum atomic E-state index is 8.75. The van der Waals surface area contributed by atoms with Crippen molar-refractivity contribution < 1.29 is 3.89 Å². The van der Waals surface area contributed by atoms with E-state index in [1.54, 1.807) is 0 Å². The number of hydrogen-bond donors (Lipinski definition) is 0. The monoisotopic (exact) mass is 210 g/mol. The fourth-order valence-corrected chi connectivity index (χ4v) is 2.23. The molecule has 0 aromatic heterocycles. The number of nitrogens with zero attached hydrogens (tertiary/aromatic N) is 3. The van der Waals surface area contributed by atoms with Gasteiger partial charge in [0, 0.05) is 6.54 Å². The highest BCUT2D eigenvalue weighted by molar-refractivity contribution is 7.98. The lowest BCUT2D eigenvalue weighted by Gasteiger charge is -2.26. The first-order valence-electron chi connectivity index (χ1n) is 4.75. The first kappa shape index (κ1) is 11.2. The zero-order chi connectivity index (χ0) is 10.4. The Morgan fingerprint density at radius 2 is 2.57 bits per heavy atom. The molecule has 76 valence electrons. The van der Waals surface area contributed by atoms with Gasteiger partial charge in [-0.2, -0.15) is 5.26 Å². The van der Waals surface area contributed by atoms with Crippen LogP contribution in [0.1, 0.15) is 13.3 Å². The minimum atomic E-state index is 0.625. The van der Waals surface area contributed by atoms with E-state index >= 15 is 0 Å². The maximum Gasteiger partial charge on any atom is 0.202 e. The van der Waals surface area contributed by atoms with E-state index in [1.807, 2.05) is 6.08 Å². The van der Waals surface area contributed by atoms with Gasteiger partial charge in [0.25, 0.3) is 0 Å². The number of nitriles is 1. The molecule has 3 nitrogen and oxygen atoms in total. The van der Waals surface area contributed by atoms with Crippen LogP contribution in [0.25, 0.3) is 0 Å². The number of thiocyanates is 1. The number of hydrogen-bond acceptors (Lipinski definition) is 3. The van der Waals surface area contributed by atoms with Gasteiger partial charge in [-0.1, -0.05) is 13.5 Å². The summed E-state index contributed by atoms with van der Waals surface area (Å²) >= 11 is 1.28. The standard InChI is InChI=1S/C10H16N3S/c1-3-5-12-6-8-13(10-12,7-4-2)14-9-11/h4,6,8H,2-3,5,7,10H2,1H3/q+1. The fraction of sp³-hybridized carbons (Fsp3) is 0.500. The summed E-state index contributed by atoms with van der Waals surface area (Å²) in [5, 5.41) is 10.9. The number of rotatable bonds is 5. The minimum Gasteiger partial charge on any atom is -0.325 e. The molecule has 0 saturated heterocycles. The van der Waals surface area contributed by atoms with E-state index < -0.39 is 0 Å². The summed E-state index contributed by atoms with van der Waals surface area (Å²) in [5.74, 6) is 0. The summed E-state index contributed by atoms with van der Waals surface area (Å²) in [7, 11) is 0. The average Bonchev–Trinajstić information content (AvgIpc) is 2.51. The Morgan fingerprint density at radius 3 is 3.14 bits per heavy atom. The molecular formula is C10H16N3S+. The summed E-state index contributed by atoms with van der Waals surface area (Å²) in [4.78, 5) is 2.24. The van der Waals surface area contributed by atoms with Crippen LogP contribution in [0.3, 0.4) is 0 Å². The van der Waals surface area contributed by atoms with Gasteiger partial charge in [0.2, 0.25) is 11.9 Å². The van der Waals surface area contributed by atoms with Crippen molar-refractivity contribution in [3.8, 4) is 5.40 Å². The Balaban J connectivity index is 2.61. The molecule has 1 atom stereocenters. The van der Waals surface area contributed by atoms with Gasteiger partial charge in [-0.3, -0.25) is 0 Å². The van der Waals surface area contributed by atoms with Crippen molar-refractivity contribution in [2.45, 2.75) is 13.3 Å². The van der Waals surface area contributed by atoms with Crippen LogP contribution in [0.2, 0.25) is 0 Å². The second-order valence-corrected chi connectivity index (χ2v) is 4.45. The second kappa shape index (κ2) is 5.08. The zero-order valence-corrected chi connectivity index (χ0v) is 9.33. The molecule has 0 spiro atoms. The molecule has 4 heteroatoms. The summed E-state index contributed by atoms with van der Waals surface area (Å²) in [6, 6.07) is 0. The average molecular weight is 210 g/mol. The Morgan fingerprint density at radius 1 is 1.79 bits per heavy atom. The second-order valence-electron chi connectivity index (χ2n) is 3.36. The predicted molar refractivity (Wildman–Crippen MR) is 59.5 cm³/mol. The van der Waals surface area contributed by atoms with Crippen LogP contribution in [0.5, 0.6) is 0 Å². The highest BCUT2D eigenvalue weighted by Gasteiger charge is 2.32. The van der Waals surface area contributed by atoms with Crippen molar-refractivity contribution in [1.82, 2.24) is 4.90 Å². The van der Waals surface area contributed by atoms with Crippen molar-refractivity contribution in [2.75, 3.05) is 19.8 Å². The van der Waals surface area contributed by atoms with E-state index in [0.717, 1.165) is 26.2 Å². The Kier molecular flexibility index (Phi) is 4.05. The lowest BCUT2D eigenvalue weighted by Crippen LogP contribution is -2.38. The van der Waals surface area contributed by atoms with Crippen molar-refractivity contribution in [2.24, 2.45) is 0 Å². The zero-order valence-electron chi connectivity index (χ0n) is 8.52. The minimum absolute atomic E-state index is 0.625. The molecule has 1 aliphatic rings. The van der Waals surface area contributed by atoms with Crippen LogP contribution >= 0.6 is 11.9 Å². The quantitative estimate of drug-likeness (QED) is 0.301. The molecule has 0 saturated carbocycles. The summed E-state index contributed by atoms with van der Waals surface area (Å²) < 4.78 is 0.625. The largest absolute Gasteiger partial charge is 0.325 e. The third-order valence-electron chi connectivity index (χ3n) is 2.14. The van der Waals surface area contributed by atoms with Gasteiger partial charge in [0.15, 0.2) is 12.1 Å². The Labute approximate surface area is 90.0 Å². The van der Waals surface area contributed by atoms with Crippen LogP contribution < -0.4 is 0 Å². The first-order valence-corrected chi connectivity index (χ1v) is 5.52. The smallest absolute Gasteiger partial charge is 0.202 e. The van der Waals surface area contributed by atoms with Crippen molar-refractivity contribution in [3.05, 3.63) is 25.1 Å². The normalized spacial score (nSPS) is 25.0. The molecule has 0 N–H and O–H groups in total. The van der Waals surface area contributed by atoms with Gasteiger partial charge in [-0.25, -0.2) is 3.89 Å². The van der Waals surface area contributed by atoms with E-state index in [4.69, 9.17) is 5.26 Å². The van der Waals surface area contributed by atoms with Gasteiger partial charge in [0.1, 0.15) is 12.7 Å². The molecule has 0 amide bonds. The fourth-order valence-electron chi connectivity index (χ4n) is 1.56. The Hall–Kier alpha value is -0.920. The van der Waals surface area contributed by atoms with Crippen LogP contribution in [0.4, 0.5) is 0 Å². The first-order chi connectivity index (χ1) is 6.76. The molecule has 0 bridgehead atoms. The summed E-state index contributed by atoms with van der Waals surface area (Å²) in [5.41, 5.74) is 0. The lowest BCUT2D eigenvalue weighted by molar-refractivity contribution is -0.734. The molecule has 1 unspecified atom stereocenters. The molecule has 0 aromatic carbocycles. The highest BCUT2D eigenvalue weighted by atomic mass is 32.2. The SMILES string of the molecule is C=CC[N+]1(SC#N)C=CN(CCC)C1. The highest BCUT2D eigenvalue weighted by Crippen LogP contribution is 2.28.